The highest BCUT2D eigenvalue weighted by atomic mass is 79.9. The van der Waals surface area contributed by atoms with Gasteiger partial charge >= 0.3 is 6.18 Å². The Morgan fingerprint density at radius 2 is 1.88 bits per heavy atom. The van der Waals surface area contributed by atoms with Gasteiger partial charge in [0, 0.05) is 16.5 Å². The van der Waals surface area contributed by atoms with Crippen LogP contribution < -0.4 is 5.73 Å². The summed E-state index contributed by atoms with van der Waals surface area (Å²) in [5, 5.41) is 0. The number of rotatable bonds is 2. The number of hydrogen-bond acceptors (Lipinski definition) is 1. The van der Waals surface area contributed by atoms with Gasteiger partial charge in [-0.25, -0.2) is 4.39 Å². The predicted molar refractivity (Wildman–Crippen MR) is 59.1 cm³/mol. The number of halogens is 6. The van der Waals surface area contributed by atoms with Crippen molar-refractivity contribution in [2.45, 2.75) is 18.6 Å². The van der Waals surface area contributed by atoms with Crippen molar-refractivity contribution in [2.24, 2.45) is 5.73 Å². The molecular weight excluding hydrogens is 313 g/mol. The third kappa shape index (κ3) is 3.92. The molecule has 1 unspecified atom stereocenters. The molecule has 0 aliphatic heterocycles. The fourth-order valence-electron chi connectivity index (χ4n) is 1.06. The minimum Gasteiger partial charge on any atom is -0.320 e. The lowest BCUT2D eigenvalue weighted by Crippen LogP contribution is -2.39. The smallest absolute Gasteiger partial charge is 0.320 e. The van der Waals surface area contributed by atoms with Crippen LogP contribution in [0.3, 0.4) is 0 Å². The fraction of sp³-hybridized carbons (Fsp3) is 0.333. The number of nitrogens with two attached hydrogens (primary N) is 1. The van der Waals surface area contributed by atoms with E-state index in [0.717, 1.165) is 6.07 Å². The van der Waals surface area contributed by atoms with Gasteiger partial charge in [0.05, 0.1) is 0 Å². The highest BCUT2D eigenvalue weighted by molar-refractivity contribution is 9.10. The van der Waals surface area contributed by atoms with E-state index < -0.39 is 24.5 Å². The Morgan fingerprint density at radius 1 is 1.31 bits per heavy atom. The van der Waals surface area contributed by atoms with Crippen LogP contribution in [0.2, 0.25) is 0 Å². The van der Waals surface area contributed by atoms with Gasteiger partial charge in [-0.15, -0.1) is 12.4 Å². The lowest BCUT2D eigenvalue weighted by atomic mass is 10.1. The predicted octanol–water partition coefficient (Wildman–Crippen LogP) is 3.44. The normalized spacial score (nSPS) is 13.1. The molecule has 0 saturated carbocycles. The topological polar surface area (TPSA) is 26.0 Å². The summed E-state index contributed by atoms with van der Waals surface area (Å²) >= 11 is 2.98. The largest absolute Gasteiger partial charge is 0.403 e. The maximum absolute atomic E-state index is 13.1. The van der Waals surface area contributed by atoms with E-state index in [-0.39, 0.29) is 18.0 Å². The highest BCUT2D eigenvalue weighted by Gasteiger charge is 2.37. The van der Waals surface area contributed by atoms with Crippen LogP contribution in [-0.4, -0.2) is 12.2 Å². The second-order valence-corrected chi connectivity index (χ2v) is 3.91. The summed E-state index contributed by atoms with van der Waals surface area (Å²) in [6.45, 7) is 0. The highest BCUT2D eigenvalue weighted by Crippen LogP contribution is 2.26. The van der Waals surface area contributed by atoms with Gasteiger partial charge < -0.3 is 5.73 Å². The van der Waals surface area contributed by atoms with E-state index in [4.69, 9.17) is 5.73 Å². The molecule has 92 valence electrons. The molecule has 1 aromatic rings. The van der Waals surface area contributed by atoms with Gasteiger partial charge in [0.25, 0.3) is 0 Å². The van der Waals surface area contributed by atoms with E-state index in [1.54, 1.807) is 0 Å². The SMILES string of the molecule is Cl.NC(Cc1c(F)cccc1Br)C(F)(F)F. The van der Waals surface area contributed by atoms with Crippen LogP contribution in [0.1, 0.15) is 5.56 Å². The molecular formula is C9H9BrClF4N. The molecule has 0 amide bonds. The average molecular weight is 323 g/mol. The van der Waals surface area contributed by atoms with Crippen molar-refractivity contribution in [3.8, 4) is 0 Å². The van der Waals surface area contributed by atoms with Crippen molar-refractivity contribution in [3.05, 3.63) is 34.1 Å². The Bertz CT molecular complexity index is 336. The maximum atomic E-state index is 13.1. The molecule has 0 heterocycles. The van der Waals surface area contributed by atoms with E-state index in [9.17, 15) is 17.6 Å². The van der Waals surface area contributed by atoms with E-state index >= 15 is 0 Å². The average Bonchev–Trinajstić information content (AvgIpc) is 2.09. The van der Waals surface area contributed by atoms with Crippen molar-refractivity contribution in [2.75, 3.05) is 0 Å². The van der Waals surface area contributed by atoms with Crippen molar-refractivity contribution in [1.29, 1.82) is 0 Å². The zero-order chi connectivity index (χ0) is 11.6. The third-order valence-corrected chi connectivity index (χ3v) is 2.65. The first-order chi connectivity index (χ1) is 6.82. The molecule has 1 rings (SSSR count). The molecule has 1 atom stereocenters. The van der Waals surface area contributed by atoms with Crippen LogP contribution in [-0.2, 0) is 6.42 Å². The van der Waals surface area contributed by atoms with Crippen LogP contribution in [0.4, 0.5) is 17.6 Å². The van der Waals surface area contributed by atoms with E-state index in [0.29, 0.717) is 4.47 Å². The molecule has 2 N–H and O–H groups in total. The zero-order valence-electron chi connectivity index (χ0n) is 7.89. The molecule has 1 nitrogen and oxygen atoms in total. The molecule has 0 bridgehead atoms. The monoisotopic (exact) mass is 321 g/mol. The lowest BCUT2D eigenvalue weighted by molar-refractivity contribution is -0.147. The third-order valence-electron chi connectivity index (χ3n) is 1.91. The van der Waals surface area contributed by atoms with Gasteiger partial charge in [-0.3, -0.25) is 0 Å². The molecule has 0 fully saturated rings. The molecule has 0 aliphatic carbocycles. The number of benzene rings is 1. The Hall–Kier alpha value is -0.330. The molecule has 0 aromatic heterocycles. The zero-order valence-corrected chi connectivity index (χ0v) is 10.3. The summed E-state index contributed by atoms with van der Waals surface area (Å²) in [6, 6.07) is 1.93. The van der Waals surface area contributed by atoms with E-state index in [1.807, 2.05) is 0 Å². The van der Waals surface area contributed by atoms with Crippen LogP contribution in [0.5, 0.6) is 0 Å². The Labute approximate surface area is 105 Å². The van der Waals surface area contributed by atoms with Crippen molar-refractivity contribution in [1.82, 2.24) is 0 Å². The summed E-state index contributed by atoms with van der Waals surface area (Å²) in [6.07, 6.45) is -5.08. The van der Waals surface area contributed by atoms with Gasteiger partial charge in [-0.2, -0.15) is 13.2 Å². The van der Waals surface area contributed by atoms with Crippen molar-refractivity contribution < 1.29 is 17.6 Å². The molecule has 0 spiro atoms. The first-order valence-corrected chi connectivity index (χ1v) is 4.87. The number of alkyl halides is 3. The van der Waals surface area contributed by atoms with Crippen LogP contribution in [0.25, 0.3) is 0 Å². The van der Waals surface area contributed by atoms with Crippen molar-refractivity contribution in [3.63, 3.8) is 0 Å². The van der Waals surface area contributed by atoms with Gasteiger partial charge in [-0.1, -0.05) is 22.0 Å². The van der Waals surface area contributed by atoms with Crippen LogP contribution in [0.15, 0.2) is 22.7 Å². The summed E-state index contributed by atoms with van der Waals surface area (Å²) < 4.78 is 49.8. The fourth-order valence-corrected chi connectivity index (χ4v) is 1.57. The first-order valence-electron chi connectivity index (χ1n) is 4.07. The van der Waals surface area contributed by atoms with E-state index in [1.165, 1.54) is 12.1 Å². The molecule has 0 radical (unpaired) electrons. The second-order valence-electron chi connectivity index (χ2n) is 3.05. The minimum absolute atomic E-state index is 0. The van der Waals surface area contributed by atoms with Gasteiger partial charge in [-0.05, 0) is 12.1 Å². The number of hydrogen-bond donors (Lipinski definition) is 1. The van der Waals surface area contributed by atoms with Gasteiger partial charge in [0.1, 0.15) is 11.9 Å². The lowest BCUT2D eigenvalue weighted by Gasteiger charge is -2.16. The summed E-state index contributed by atoms with van der Waals surface area (Å²) in [4.78, 5) is 0. The van der Waals surface area contributed by atoms with E-state index in [2.05, 4.69) is 15.9 Å². The van der Waals surface area contributed by atoms with Gasteiger partial charge in [0.2, 0.25) is 0 Å². The summed E-state index contributed by atoms with van der Waals surface area (Å²) in [7, 11) is 0. The molecule has 1 aromatic carbocycles. The Balaban J connectivity index is 0.00000225. The Kier molecular flexibility index (Phi) is 5.72. The standard InChI is InChI=1S/C9H8BrF4N.ClH/c10-6-2-1-3-7(11)5(6)4-8(15)9(12,13)14;/h1-3,8H,4,15H2;1H. The molecule has 0 aliphatic rings. The molecule has 0 saturated heterocycles. The van der Waals surface area contributed by atoms with Crippen LogP contribution >= 0.6 is 28.3 Å². The molecule has 7 heteroatoms. The maximum Gasteiger partial charge on any atom is 0.403 e. The Morgan fingerprint density at radius 3 is 2.31 bits per heavy atom. The summed E-state index contributed by atoms with van der Waals surface area (Å²) in [5.41, 5.74) is 4.85. The first kappa shape index (κ1) is 15.7. The second kappa shape index (κ2) is 5.84. The summed E-state index contributed by atoms with van der Waals surface area (Å²) in [5.74, 6) is -0.691. The quantitative estimate of drug-likeness (QED) is 0.829. The van der Waals surface area contributed by atoms with Gasteiger partial charge in [0.15, 0.2) is 0 Å². The van der Waals surface area contributed by atoms with Crippen molar-refractivity contribution >= 4 is 28.3 Å². The van der Waals surface area contributed by atoms with Crippen LogP contribution in [0, 0.1) is 5.82 Å². The molecule has 16 heavy (non-hydrogen) atoms. The minimum atomic E-state index is -4.51.